The molecule has 0 fully saturated rings. The van der Waals surface area contributed by atoms with Crippen molar-refractivity contribution in [2.45, 2.75) is 0 Å². The second kappa shape index (κ2) is 4.30. The number of aromatic amines is 1. The molecule has 1 aromatic heterocycles. The van der Waals surface area contributed by atoms with Crippen LogP contribution in [-0.4, -0.2) is 4.98 Å². The van der Waals surface area contributed by atoms with E-state index in [2.05, 4.69) is 11.1 Å². The molecule has 1 heterocycles. The summed E-state index contributed by atoms with van der Waals surface area (Å²) in [5.74, 6) is 0. The molecule has 0 aliphatic rings. The van der Waals surface area contributed by atoms with Crippen LogP contribution in [0.2, 0.25) is 0 Å². The normalized spacial score (nSPS) is 10.3. The van der Waals surface area contributed by atoms with Crippen molar-refractivity contribution < 1.29 is 0 Å². The fourth-order valence-corrected chi connectivity index (χ4v) is 1.30. The van der Waals surface area contributed by atoms with Crippen molar-refractivity contribution >= 4 is 12.2 Å². The molecular weight excluding hydrogens is 184 g/mol. The first kappa shape index (κ1) is 9.29. The van der Waals surface area contributed by atoms with Gasteiger partial charge in [-0.2, -0.15) is 5.26 Å². The molecule has 72 valence electrons. The van der Waals surface area contributed by atoms with Crippen LogP contribution in [0.1, 0.15) is 16.8 Å². The fraction of sp³-hybridized carbons (Fsp3) is 0. The Kier molecular flexibility index (Phi) is 2.66. The average Bonchev–Trinajstić information content (AvgIpc) is 2.80. The monoisotopic (exact) mass is 194 g/mol. The van der Waals surface area contributed by atoms with Crippen molar-refractivity contribution in [2.24, 2.45) is 0 Å². The maximum atomic E-state index is 8.64. The molecular formula is C13H10N2. The Balaban J connectivity index is 2.15. The van der Waals surface area contributed by atoms with Crippen LogP contribution in [0.25, 0.3) is 12.2 Å². The van der Waals surface area contributed by atoms with Gasteiger partial charge in [-0.05, 0) is 35.9 Å². The maximum absolute atomic E-state index is 8.64. The summed E-state index contributed by atoms with van der Waals surface area (Å²) >= 11 is 0. The van der Waals surface area contributed by atoms with Crippen LogP contribution >= 0.6 is 0 Å². The van der Waals surface area contributed by atoms with Gasteiger partial charge in [0.2, 0.25) is 0 Å². The lowest BCUT2D eigenvalue weighted by molar-refractivity contribution is 1.38. The van der Waals surface area contributed by atoms with Crippen LogP contribution < -0.4 is 0 Å². The average molecular weight is 194 g/mol. The zero-order chi connectivity index (χ0) is 10.5. The summed E-state index contributed by atoms with van der Waals surface area (Å²) in [6.45, 7) is 0. The third-order valence-electron chi connectivity index (χ3n) is 2.12. The smallest absolute Gasteiger partial charge is 0.0991 e. The number of nitrogens with one attached hydrogen (secondary N) is 1. The molecule has 0 unspecified atom stereocenters. The van der Waals surface area contributed by atoms with Crippen molar-refractivity contribution in [3.05, 3.63) is 59.4 Å². The Bertz CT molecular complexity index is 484. The van der Waals surface area contributed by atoms with Gasteiger partial charge in [-0.1, -0.05) is 18.2 Å². The van der Waals surface area contributed by atoms with Crippen molar-refractivity contribution in [1.29, 1.82) is 5.26 Å². The molecule has 15 heavy (non-hydrogen) atoms. The molecule has 0 radical (unpaired) electrons. The molecule has 1 N–H and O–H groups in total. The molecule has 0 aliphatic heterocycles. The minimum atomic E-state index is 0.687. The number of nitriles is 1. The number of H-pyrrole nitrogens is 1. The topological polar surface area (TPSA) is 39.6 Å². The van der Waals surface area contributed by atoms with E-state index in [1.165, 1.54) is 0 Å². The predicted molar refractivity (Wildman–Crippen MR) is 60.9 cm³/mol. The third-order valence-corrected chi connectivity index (χ3v) is 2.12. The first-order chi connectivity index (χ1) is 7.38. The van der Waals surface area contributed by atoms with E-state index in [0.29, 0.717) is 5.56 Å². The first-order valence-corrected chi connectivity index (χ1v) is 4.70. The molecule has 0 aliphatic carbocycles. The van der Waals surface area contributed by atoms with Gasteiger partial charge in [0.05, 0.1) is 11.6 Å². The number of hydrogen-bond donors (Lipinski definition) is 1. The summed E-state index contributed by atoms with van der Waals surface area (Å²) in [7, 11) is 0. The quantitative estimate of drug-likeness (QED) is 0.784. The van der Waals surface area contributed by atoms with Gasteiger partial charge >= 0.3 is 0 Å². The standard InChI is InChI=1S/C13H10N2/c14-10-12-5-3-11(4-6-12)7-8-13-2-1-9-15-13/h1-9,15H/b8-7+. The Morgan fingerprint density at radius 1 is 1.07 bits per heavy atom. The maximum Gasteiger partial charge on any atom is 0.0991 e. The molecule has 2 aromatic rings. The van der Waals surface area contributed by atoms with E-state index in [1.54, 1.807) is 0 Å². The second-order valence-corrected chi connectivity index (χ2v) is 3.19. The van der Waals surface area contributed by atoms with Crippen LogP contribution in [0.5, 0.6) is 0 Å². The minimum Gasteiger partial charge on any atom is -0.362 e. The number of rotatable bonds is 2. The molecule has 0 amide bonds. The number of hydrogen-bond acceptors (Lipinski definition) is 1. The predicted octanol–water partition coefficient (Wildman–Crippen LogP) is 3.06. The highest BCUT2D eigenvalue weighted by Crippen LogP contribution is 2.07. The highest BCUT2D eigenvalue weighted by atomic mass is 14.7. The van der Waals surface area contributed by atoms with E-state index < -0.39 is 0 Å². The molecule has 0 bridgehead atoms. The Hall–Kier alpha value is -2.27. The van der Waals surface area contributed by atoms with E-state index in [0.717, 1.165) is 11.3 Å². The van der Waals surface area contributed by atoms with Crippen molar-refractivity contribution in [3.8, 4) is 6.07 Å². The number of benzene rings is 1. The molecule has 2 rings (SSSR count). The van der Waals surface area contributed by atoms with Gasteiger partial charge in [-0.15, -0.1) is 0 Å². The van der Waals surface area contributed by atoms with Gasteiger partial charge in [0.1, 0.15) is 0 Å². The van der Waals surface area contributed by atoms with Crippen LogP contribution in [-0.2, 0) is 0 Å². The van der Waals surface area contributed by atoms with Gasteiger partial charge in [0.25, 0.3) is 0 Å². The third kappa shape index (κ3) is 2.35. The fourth-order valence-electron chi connectivity index (χ4n) is 1.30. The Labute approximate surface area is 88.5 Å². The van der Waals surface area contributed by atoms with Gasteiger partial charge in [0.15, 0.2) is 0 Å². The zero-order valence-corrected chi connectivity index (χ0v) is 8.14. The molecule has 0 saturated heterocycles. The van der Waals surface area contributed by atoms with Gasteiger partial charge in [-0.3, -0.25) is 0 Å². The van der Waals surface area contributed by atoms with Crippen molar-refractivity contribution in [2.75, 3.05) is 0 Å². The molecule has 1 aromatic carbocycles. The lowest BCUT2D eigenvalue weighted by atomic mass is 10.1. The number of nitrogens with zero attached hydrogens (tertiary/aromatic N) is 1. The summed E-state index contributed by atoms with van der Waals surface area (Å²) in [5, 5.41) is 8.64. The zero-order valence-electron chi connectivity index (χ0n) is 8.14. The molecule has 0 saturated carbocycles. The SMILES string of the molecule is N#Cc1ccc(/C=C/c2ccc[nH]2)cc1. The summed E-state index contributed by atoms with van der Waals surface area (Å²) < 4.78 is 0. The minimum absolute atomic E-state index is 0.687. The van der Waals surface area contributed by atoms with Crippen LogP contribution in [0.15, 0.2) is 42.6 Å². The first-order valence-electron chi connectivity index (χ1n) is 4.70. The van der Waals surface area contributed by atoms with Gasteiger partial charge in [-0.25, -0.2) is 0 Å². The van der Waals surface area contributed by atoms with Gasteiger partial charge < -0.3 is 4.98 Å². The Morgan fingerprint density at radius 2 is 1.87 bits per heavy atom. The van der Waals surface area contributed by atoms with Crippen LogP contribution in [0, 0.1) is 11.3 Å². The van der Waals surface area contributed by atoms with Crippen molar-refractivity contribution in [3.63, 3.8) is 0 Å². The highest BCUT2D eigenvalue weighted by Gasteiger charge is 1.89. The molecule has 2 nitrogen and oxygen atoms in total. The van der Waals surface area contributed by atoms with Crippen molar-refractivity contribution in [1.82, 2.24) is 4.98 Å². The largest absolute Gasteiger partial charge is 0.362 e. The summed E-state index contributed by atoms with van der Waals surface area (Å²) in [4.78, 5) is 3.09. The lowest BCUT2D eigenvalue weighted by Crippen LogP contribution is -1.75. The highest BCUT2D eigenvalue weighted by molar-refractivity contribution is 5.68. The van der Waals surface area contributed by atoms with E-state index in [-0.39, 0.29) is 0 Å². The second-order valence-electron chi connectivity index (χ2n) is 3.19. The van der Waals surface area contributed by atoms with E-state index >= 15 is 0 Å². The van der Waals surface area contributed by atoms with Crippen LogP contribution in [0.3, 0.4) is 0 Å². The Morgan fingerprint density at radius 3 is 2.47 bits per heavy atom. The van der Waals surface area contributed by atoms with Crippen LogP contribution in [0.4, 0.5) is 0 Å². The van der Waals surface area contributed by atoms with E-state index in [4.69, 9.17) is 5.26 Å². The molecule has 0 spiro atoms. The summed E-state index contributed by atoms with van der Waals surface area (Å²) in [5.41, 5.74) is 2.84. The molecule has 2 heteroatoms. The summed E-state index contributed by atoms with van der Waals surface area (Å²) in [6.07, 6.45) is 5.90. The number of aromatic nitrogens is 1. The van der Waals surface area contributed by atoms with E-state index in [9.17, 15) is 0 Å². The molecule has 0 atom stereocenters. The van der Waals surface area contributed by atoms with Gasteiger partial charge in [0, 0.05) is 11.9 Å². The lowest BCUT2D eigenvalue weighted by Gasteiger charge is -1.92. The summed E-state index contributed by atoms with van der Waals surface area (Å²) in [6, 6.07) is 13.5. The van der Waals surface area contributed by atoms with E-state index in [1.807, 2.05) is 54.7 Å².